The van der Waals surface area contributed by atoms with Crippen LogP contribution in [-0.4, -0.2) is 23.5 Å². The molecule has 2 N–H and O–H groups in total. The minimum absolute atomic E-state index is 0.0755. The van der Waals surface area contributed by atoms with Gasteiger partial charge in [-0.15, -0.1) is 0 Å². The summed E-state index contributed by atoms with van der Waals surface area (Å²) in [6.45, 7) is 3.18. The van der Waals surface area contributed by atoms with Crippen molar-refractivity contribution in [3.8, 4) is 0 Å². The van der Waals surface area contributed by atoms with Gasteiger partial charge >= 0.3 is 5.97 Å². The minimum Gasteiger partial charge on any atom is -0.481 e. The number of hydrogen-bond acceptors (Lipinski definition) is 2. The predicted octanol–water partition coefficient (Wildman–Crippen LogP) is 2.58. The van der Waals surface area contributed by atoms with Crippen molar-refractivity contribution in [1.29, 1.82) is 0 Å². The molecule has 0 spiro atoms. The first-order valence-electron chi connectivity index (χ1n) is 5.76. The Kier molecular flexibility index (Phi) is 5.12. The van der Waals surface area contributed by atoms with E-state index in [0.29, 0.717) is 5.02 Å². The van der Waals surface area contributed by atoms with Gasteiger partial charge in [-0.1, -0.05) is 23.7 Å². The molecule has 0 aliphatic carbocycles. The molecule has 0 radical (unpaired) electrons. The summed E-state index contributed by atoms with van der Waals surface area (Å²) in [5.74, 6) is -1.28. The third kappa shape index (κ3) is 5.14. The monoisotopic (exact) mass is 281 g/mol. The molecule has 0 bridgehead atoms. The first kappa shape index (κ1) is 15.2. The van der Waals surface area contributed by atoms with E-state index in [1.165, 1.54) is 6.08 Å². The molecule has 0 aromatic heterocycles. The van der Waals surface area contributed by atoms with Crippen molar-refractivity contribution >= 4 is 29.6 Å². The van der Waals surface area contributed by atoms with Gasteiger partial charge in [0.05, 0.1) is 5.41 Å². The van der Waals surface area contributed by atoms with Crippen LogP contribution in [0.25, 0.3) is 6.08 Å². The Balaban J connectivity index is 2.52. The quantitative estimate of drug-likeness (QED) is 0.815. The van der Waals surface area contributed by atoms with E-state index in [2.05, 4.69) is 5.32 Å². The Hall–Kier alpha value is -1.81. The van der Waals surface area contributed by atoms with E-state index in [1.807, 2.05) is 0 Å². The molecule has 0 aliphatic heterocycles. The third-order valence-electron chi connectivity index (χ3n) is 2.58. The summed E-state index contributed by atoms with van der Waals surface area (Å²) in [7, 11) is 0. The molecule has 19 heavy (non-hydrogen) atoms. The van der Waals surface area contributed by atoms with Crippen molar-refractivity contribution in [3.63, 3.8) is 0 Å². The lowest BCUT2D eigenvalue weighted by atomic mass is 9.94. The topological polar surface area (TPSA) is 66.4 Å². The molecule has 0 unspecified atom stereocenters. The molecule has 1 rings (SSSR count). The highest BCUT2D eigenvalue weighted by Gasteiger charge is 2.27. The summed E-state index contributed by atoms with van der Waals surface area (Å²) >= 11 is 5.74. The Labute approximate surface area is 117 Å². The lowest BCUT2D eigenvalue weighted by molar-refractivity contribution is -0.146. The minimum atomic E-state index is -0.982. The summed E-state index contributed by atoms with van der Waals surface area (Å²) in [5, 5.41) is 12.1. The summed E-state index contributed by atoms with van der Waals surface area (Å²) < 4.78 is 0. The molecule has 1 aromatic rings. The molecule has 0 aliphatic rings. The van der Waals surface area contributed by atoms with Crippen LogP contribution in [0, 0.1) is 5.41 Å². The summed E-state index contributed by atoms with van der Waals surface area (Å²) in [4.78, 5) is 22.4. The number of amides is 1. The van der Waals surface area contributed by atoms with Crippen LogP contribution in [0.4, 0.5) is 0 Å². The van der Waals surface area contributed by atoms with Gasteiger partial charge in [0.15, 0.2) is 0 Å². The number of carboxylic acid groups (broad SMARTS) is 1. The standard InChI is InChI=1S/C14H16ClNO3/c1-14(2,13(18)19)9-16-12(17)8-5-10-3-6-11(15)7-4-10/h3-8H,9H2,1-2H3,(H,16,17)(H,18,19)/b8-5+. The number of benzene rings is 1. The van der Waals surface area contributed by atoms with Crippen LogP contribution in [0.3, 0.4) is 0 Å². The highest BCUT2D eigenvalue weighted by Crippen LogP contribution is 2.13. The van der Waals surface area contributed by atoms with Crippen LogP contribution < -0.4 is 5.32 Å². The number of aliphatic carboxylic acids is 1. The van der Waals surface area contributed by atoms with Crippen molar-refractivity contribution in [2.75, 3.05) is 6.54 Å². The lowest BCUT2D eigenvalue weighted by Gasteiger charge is -2.18. The SMILES string of the molecule is CC(C)(CNC(=O)/C=C/c1ccc(Cl)cc1)C(=O)O. The van der Waals surface area contributed by atoms with Crippen LogP contribution in [0.2, 0.25) is 5.02 Å². The molecule has 0 saturated carbocycles. The van der Waals surface area contributed by atoms with E-state index < -0.39 is 11.4 Å². The predicted molar refractivity (Wildman–Crippen MR) is 74.9 cm³/mol. The number of halogens is 1. The molecule has 102 valence electrons. The van der Waals surface area contributed by atoms with E-state index in [4.69, 9.17) is 16.7 Å². The number of hydrogen-bond donors (Lipinski definition) is 2. The molecule has 4 nitrogen and oxygen atoms in total. The maximum Gasteiger partial charge on any atom is 0.310 e. The van der Waals surface area contributed by atoms with Crippen molar-refractivity contribution in [2.45, 2.75) is 13.8 Å². The first-order chi connectivity index (χ1) is 8.81. The number of rotatable bonds is 5. The molecule has 0 saturated heterocycles. The van der Waals surface area contributed by atoms with Gasteiger partial charge in [-0.05, 0) is 37.6 Å². The third-order valence-corrected chi connectivity index (χ3v) is 2.83. The molecular formula is C14H16ClNO3. The van der Waals surface area contributed by atoms with Crippen molar-refractivity contribution < 1.29 is 14.7 Å². The number of carbonyl (C=O) groups excluding carboxylic acids is 1. The van der Waals surface area contributed by atoms with Gasteiger partial charge in [0, 0.05) is 17.6 Å². The summed E-state index contributed by atoms with van der Waals surface area (Å²) in [6, 6.07) is 7.03. The van der Waals surface area contributed by atoms with Gasteiger partial charge in [-0.3, -0.25) is 9.59 Å². The summed E-state index contributed by atoms with van der Waals surface area (Å²) in [6.07, 6.45) is 3.00. The van der Waals surface area contributed by atoms with E-state index in [1.54, 1.807) is 44.2 Å². The normalized spacial score (nSPS) is 11.5. The Morgan fingerprint density at radius 2 is 1.89 bits per heavy atom. The summed E-state index contributed by atoms with van der Waals surface area (Å²) in [5.41, 5.74) is -0.138. The fraction of sp³-hybridized carbons (Fsp3) is 0.286. The average molecular weight is 282 g/mol. The van der Waals surface area contributed by atoms with Gasteiger partial charge in [-0.2, -0.15) is 0 Å². The smallest absolute Gasteiger partial charge is 0.310 e. The van der Waals surface area contributed by atoms with Gasteiger partial charge in [0.25, 0.3) is 0 Å². The molecule has 1 aromatic carbocycles. The van der Waals surface area contributed by atoms with Crippen molar-refractivity contribution in [3.05, 3.63) is 40.9 Å². The molecule has 0 fully saturated rings. The van der Waals surface area contributed by atoms with E-state index in [-0.39, 0.29) is 12.5 Å². The number of carboxylic acids is 1. The maximum absolute atomic E-state index is 11.5. The molecule has 0 heterocycles. The number of nitrogens with one attached hydrogen (secondary N) is 1. The Morgan fingerprint density at radius 3 is 2.42 bits per heavy atom. The van der Waals surface area contributed by atoms with Crippen LogP contribution in [0.15, 0.2) is 30.3 Å². The average Bonchev–Trinajstić information content (AvgIpc) is 2.35. The Bertz CT molecular complexity index is 492. The second kappa shape index (κ2) is 6.38. The van der Waals surface area contributed by atoms with E-state index in [0.717, 1.165) is 5.56 Å². The van der Waals surface area contributed by atoms with Crippen LogP contribution in [0.5, 0.6) is 0 Å². The molecule has 0 atom stereocenters. The first-order valence-corrected chi connectivity index (χ1v) is 6.14. The fourth-order valence-electron chi connectivity index (χ4n) is 1.19. The zero-order valence-corrected chi connectivity index (χ0v) is 11.6. The zero-order valence-electron chi connectivity index (χ0n) is 10.8. The number of carbonyl (C=O) groups is 2. The fourth-order valence-corrected chi connectivity index (χ4v) is 1.31. The van der Waals surface area contributed by atoms with E-state index >= 15 is 0 Å². The van der Waals surface area contributed by atoms with Gasteiger partial charge in [-0.25, -0.2) is 0 Å². The van der Waals surface area contributed by atoms with Gasteiger partial charge in [0.2, 0.25) is 5.91 Å². The second-order valence-corrected chi connectivity index (χ2v) is 5.23. The zero-order chi connectivity index (χ0) is 14.5. The molecule has 1 amide bonds. The van der Waals surface area contributed by atoms with Crippen molar-refractivity contribution in [2.24, 2.45) is 5.41 Å². The van der Waals surface area contributed by atoms with Crippen molar-refractivity contribution in [1.82, 2.24) is 5.32 Å². The van der Waals surface area contributed by atoms with Gasteiger partial charge < -0.3 is 10.4 Å². The van der Waals surface area contributed by atoms with Gasteiger partial charge in [0.1, 0.15) is 0 Å². The largest absolute Gasteiger partial charge is 0.481 e. The molecular weight excluding hydrogens is 266 g/mol. The lowest BCUT2D eigenvalue weighted by Crippen LogP contribution is -2.38. The van der Waals surface area contributed by atoms with Crippen LogP contribution in [0.1, 0.15) is 19.4 Å². The van der Waals surface area contributed by atoms with Crippen LogP contribution >= 0.6 is 11.6 Å². The highest BCUT2D eigenvalue weighted by atomic mass is 35.5. The highest BCUT2D eigenvalue weighted by molar-refractivity contribution is 6.30. The maximum atomic E-state index is 11.5. The second-order valence-electron chi connectivity index (χ2n) is 4.79. The van der Waals surface area contributed by atoms with Crippen LogP contribution in [-0.2, 0) is 9.59 Å². The Morgan fingerprint density at radius 1 is 1.32 bits per heavy atom. The molecule has 5 heteroatoms. The van der Waals surface area contributed by atoms with E-state index in [9.17, 15) is 9.59 Å².